The van der Waals surface area contributed by atoms with E-state index >= 15 is 0 Å². The highest BCUT2D eigenvalue weighted by molar-refractivity contribution is 5.90. The Balaban J connectivity index is 1.64. The molecule has 4 nitrogen and oxygen atoms in total. The van der Waals surface area contributed by atoms with E-state index in [2.05, 4.69) is 53.9 Å². The van der Waals surface area contributed by atoms with Gasteiger partial charge in [0.25, 0.3) is 0 Å². The summed E-state index contributed by atoms with van der Waals surface area (Å²) in [5.41, 5.74) is 3.77. The van der Waals surface area contributed by atoms with Crippen molar-refractivity contribution in [2.75, 3.05) is 0 Å². The van der Waals surface area contributed by atoms with Crippen LogP contribution in [0.15, 0.2) is 24.4 Å². The van der Waals surface area contributed by atoms with Gasteiger partial charge in [0.05, 0.1) is 6.04 Å². The molecule has 0 radical (unpaired) electrons. The normalized spacial score (nSPS) is 24.0. The summed E-state index contributed by atoms with van der Waals surface area (Å²) < 4.78 is 0. The molecular weight excluding hydrogens is 310 g/mol. The van der Waals surface area contributed by atoms with Gasteiger partial charge in [-0.25, -0.2) is 0 Å². The van der Waals surface area contributed by atoms with Crippen molar-refractivity contribution in [3.8, 4) is 0 Å². The predicted molar refractivity (Wildman–Crippen MR) is 102 cm³/mol. The summed E-state index contributed by atoms with van der Waals surface area (Å²) in [5, 5.41) is 8.29. The van der Waals surface area contributed by atoms with Crippen LogP contribution in [0.1, 0.15) is 63.1 Å². The van der Waals surface area contributed by atoms with Crippen LogP contribution in [-0.4, -0.2) is 23.0 Å². The van der Waals surface area contributed by atoms with Gasteiger partial charge in [-0.15, -0.1) is 0 Å². The topological polar surface area (TPSA) is 56.9 Å². The number of rotatable bonds is 4. The van der Waals surface area contributed by atoms with E-state index in [0.29, 0.717) is 12.0 Å². The molecule has 1 saturated carbocycles. The van der Waals surface area contributed by atoms with E-state index in [1.54, 1.807) is 0 Å². The number of hydrogen-bond donors (Lipinski definition) is 3. The molecule has 1 aromatic carbocycles. The molecule has 2 aliphatic rings. The second-order valence-corrected chi connectivity index (χ2v) is 8.18. The fourth-order valence-corrected chi connectivity index (χ4v) is 4.56. The van der Waals surface area contributed by atoms with Crippen LogP contribution in [0.5, 0.6) is 0 Å². The minimum atomic E-state index is -0.157. The van der Waals surface area contributed by atoms with Crippen LogP contribution in [0.2, 0.25) is 0 Å². The Morgan fingerprint density at radius 1 is 1.28 bits per heavy atom. The molecule has 0 saturated heterocycles. The molecule has 25 heavy (non-hydrogen) atoms. The number of aromatic nitrogens is 1. The SMILES string of the molecule is CC(C)C[C@@H]1N[C@H](C(=O)NC2CCCC2)Cc2c[nH]c3cccc1c23. The molecule has 1 fully saturated rings. The zero-order valence-electron chi connectivity index (χ0n) is 15.3. The van der Waals surface area contributed by atoms with E-state index in [9.17, 15) is 4.79 Å². The molecule has 1 aliphatic carbocycles. The van der Waals surface area contributed by atoms with Crippen molar-refractivity contribution in [3.05, 3.63) is 35.5 Å². The Kier molecular flexibility index (Phi) is 4.55. The second-order valence-electron chi connectivity index (χ2n) is 8.18. The fourth-order valence-electron chi connectivity index (χ4n) is 4.56. The quantitative estimate of drug-likeness (QED) is 0.793. The Hall–Kier alpha value is -1.81. The van der Waals surface area contributed by atoms with E-state index in [0.717, 1.165) is 25.7 Å². The van der Waals surface area contributed by atoms with Gasteiger partial charge < -0.3 is 10.3 Å². The number of hydrogen-bond acceptors (Lipinski definition) is 2. The monoisotopic (exact) mass is 339 g/mol. The number of aromatic amines is 1. The van der Waals surface area contributed by atoms with Gasteiger partial charge in [0.1, 0.15) is 0 Å². The molecular formula is C21H29N3O. The highest BCUT2D eigenvalue weighted by atomic mass is 16.2. The average Bonchev–Trinajstić information content (AvgIpc) is 3.19. The standard InChI is InChI=1S/C21H29N3O/c1-13(2)10-18-16-8-5-9-17-20(16)14(12-22-17)11-19(24-18)21(25)23-15-6-3-4-7-15/h5,8-9,12-13,15,18-19,22,24H,3-4,6-7,10-11H2,1-2H3,(H,23,25)/t18-,19-/m0/s1. The largest absolute Gasteiger partial charge is 0.361 e. The zero-order chi connectivity index (χ0) is 17.4. The van der Waals surface area contributed by atoms with E-state index in [1.807, 2.05) is 0 Å². The molecule has 2 atom stereocenters. The van der Waals surface area contributed by atoms with Gasteiger partial charge >= 0.3 is 0 Å². The smallest absolute Gasteiger partial charge is 0.237 e. The first-order valence-corrected chi connectivity index (χ1v) is 9.77. The van der Waals surface area contributed by atoms with Crippen molar-refractivity contribution in [3.63, 3.8) is 0 Å². The average molecular weight is 339 g/mol. The van der Waals surface area contributed by atoms with Crippen molar-refractivity contribution in [1.82, 2.24) is 15.6 Å². The summed E-state index contributed by atoms with van der Waals surface area (Å²) in [4.78, 5) is 16.3. The second kappa shape index (κ2) is 6.83. The Morgan fingerprint density at radius 3 is 2.84 bits per heavy atom. The molecule has 0 unspecified atom stereocenters. The summed E-state index contributed by atoms with van der Waals surface area (Å²) >= 11 is 0. The maximum absolute atomic E-state index is 12.9. The molecule has 1 aliphatic heterocycles. The van der Waals surface area contributed by atoms with Crippen molar-refractivity contribution in [2.45, 2.75) is 70.5 Å². The lowest BCUT2D eigenvalue weighted by molar-refractivity contribution is -0.124. The third-order valence-corrected chi connectivity index (χ3v) is 5.75. The van der Waals surface area contributed by atoms with Gasteiger partial charge in [-0.2, -0.15) is 0 Å². The summed E-state index contributed by atoms with van der Waals surface area (Å²) in [6, 6.07) is 6.90. The molecule has 2 aromatic rings. The number of carbonyl (C=O) groups excluding carboxylic acids is 1. The Bertz CT molecular complexity index is 758. The maximum Gasteiger partial charge on any atom is 0.237 e. The lowest BCUT2D eigenvalue weighted by Crippen LogP contribution is -2.48. The third kappa shape index (κ3) is 3.32. The lowest BCUT2D eigenvalue weighted by Gasteiger charge is -2.26. The summed E-state index contributed by atoms with van der Waals surface area (Å²) in [6.07, 6.45) is 8.61. The van der Waals surface area contributed by atoms with Crippen LogP contribution in [0.3, 0.4) is 0 Å². The van der Waals surface area contributed by atoms with E-state index in [1.165, 1.54) is 34.9 Å². The number of nitrogens with one attached hydrogen (secondary N) is 3. The van der Waals surface area contributed by atoms with Crippen molar-refractivity contribution < 1.29 is 4.79 Å². The van der Waals surface area contributed by atoms with Crippen molar-refractivity contribution in [2.24, 2.45) is 5.92 Å². The third-order valence-electron chi connectivity index (χ3n) is 5.75. The molecule has 2 heterocycles. The molecule has 0 spiro atoms. The maximum atomic E-state index is 12.9. The molecule has 3 N–H and O–H groups in total. The highest BCUT2D eigenvalue weighted by Crippen LogP contribution is 2.34. The Labute approximate surface area is 149 Å². The van der Waals surface area contributed by atoms with Gasteiger partial charge in [-0.05, 0) is 48.8 Å². The van der Waals surface area contributed by atoms with Gasteiger partial charge in [-0.3, -0.25) is 10.1 Å². The first-order valence-electron chi connectivity index (χ1n) is 9.77. The number of carbonyl (C=O) groups is 1. The first-order chi connectivity index (χ1) is 12.1. The molecule has 1 aromatic heterocycles. The van der Waals surface area contributed by atoms with Gasteiger partial charge in [0.15, 0.2) is 0 Å². The van der Waals surface area contributed by atoms with Crippen LogP contribution in [0.25, 0.3) is 10.9 Å². The minimum absolute atomic E-state index is 0.157. The van der Waals surface area contributed by atoms with Crippen LogP contribution < -0.4 is 10.6 Å². The number of H-pyrrole nitrogens is 1. The first kappa shape index (κ1) is 16.6. The van der Waals surface area contributed by atoms with E-state index in [4.69, 9.17) is 0 Å². The van der Waals surface area contributed by atoms with Crippen LogP contribution in [0, 0.1) is 5.92 Å². The van der Waals surface area contributed by atoms with Gasteiger partial charge in [0.2, 0.25) is 5.91 Å². The summed E-state index contributed by atoms with van der Waals surface area (Å²) in [6.45, 7) is 4.50. The van der Waals surface area contributed by atoms with E-state index < -0.39 is 0 Å². The van der Waals surface area contributed by atoms with Crippen molar-refractivity contribution in [1.29, 1.82) is 0 Å². The number of benzene rings is 1. The molecule has 4 heteroatoms. The summed E-state index contributed by atoms with van der Waals surface area (Å²) in [7, 11) is 0. The number of amides is 1. The predicted octanol–water partition coefficient (Wildman–Crippen LogP) is 3.83. The molecule has 4 rings (SSSR count). The molecule has 134 valence electrons. The minimum Gasteiger partial charge on any atom is -0.361 e. The van der Waals surface area contributed by atoms with E-state index in [-0.39, 0.29) is 18.0 Å². The lowest BCUT2D eigenvalue weighted by atomic mass is 9.94. The van der Waals surface area contributed by atoms with Gasteiger partial charge in [-0.1, -0.05) is 38.8 Å². The molecule has 1 amide bonds. The van der Waals surface area contributed by atoms with Crippen LogP contribution in [0.4, 0.5) is 0 Å². The van der Waals surface area contributed by atoms with Crippen molar-refractivity contribution >= 4 is 16.8 Å². The van der Waals surface area contributed by atoms with Gasteiger partial charge in [0, 0.05) is 29.2 Å². The van der Waals surface area contributed by atoms with Crippen LogP contribution in [-0.2, 0) is 11.2 Å². The van der Waals surface area contributed by atoms with Crippen LogP contribution >= 0.6 is 0 Å². The zero-order valence-corrected chi connectivity index (χ0v) is 15.3. The summed E-state index contributed by atoms with van der Waals surface area (Å²) in [5.74, 6) is 0.745. The highest BCUT2D eigenvalue weighted by Gasteiger charge is 2.31. The molecule has 0 bridgehead atoms. The fraction of sp³-hybridized carbons (Fsp3) is 0.571. The Morgan fingerprint density at radius 2 is 2.08 bits per heavy atom.